The van der Waals surface area contributed by atoms with Crippen molar-refractivity contribution in [3.05, 3.63) is 47.7 Å². The fourth-order valence-electron chi connectivity index (χ4n) is 1.49. The van der Waals surface area contributed by atoms with Crippen molar-refractivity contribution in [1.29, 1.82) is 0 Å². The van der Waals surface area contributed by atoms with Crippen LogP contribution in [0.4, 0.5) is 0 Å². The summed E-state index contributed by atoms with van der Waals surface area (Å²) in [6, 6.07) is 5.49. The van der Waals surface area contributed by atoms with Crippen LogP contribution in [0, 0.1) is 0 Å². The van der Waals surface area contributed by atoms with E-state index < -0.39 is 5.97 Å². The molecule has 0 atom stereocenters. The van der Waals surface area contributed by atoms with Gasteiger partial charge in [-0.3, -0.25) is 4.79 Å². The third-order valence-electron chi connectivity index (χ3n) is 2.12. The average molecular weight is 202 g/mol. The number of fused-ring (bicyclic) bond motifs is 1. The van der Waals surface area contributed by atoms with E-state index in [9.17, 15) is 4.79 Å². The maximum absolute atomic E-state index is 10.6. The summed E-state index contributed by atoms with van der Waals surface area (Å²) < 4.78 is 5.37. The number of hydrogen-bond donors (Lipinski definition) is 1. The lowest BCUT2D eigenvalue weighted by molar-refractivity contribution is -0.136. The van der Waals surface area contributed by atoms with Crippen LogP contribution in [0.2, 0.25) is 0 Å². The van der Waals surface area contributed by atoms with Crippen molar-refractivity contribution in [3.8, 4) is 5.75 Å². The van der Waals surface area contributed by atoms with E-state index in [0.717, 1.165) is 5.56 Å². The Balaban J connectivity index is 2.44. The maximum Gasteiger partial charge on any atom is 0.307 e. The van der Waals surface area contributed by atoms with Gasteiger partial charge in [0.2, 0.25) is 0 Å². The van der Waals surface area contributed by atoms with Crippen LogP contribution in [0.3, 0.4) is 0 Å². The number of benzene rings is 1. The van der Waals surface area contributed by atoms with Gasteiger partial charge in [-0.05, 0) is 6.08 Å². The van der Waals surface area contributed by atoms with E-state index in [0.29, 0.717) is 11.3 Å². The Morgan fingerprint density at radius 1 is 1.33 bits per heavy atom. The van der Waals surface area contributed by atoms with Gasteiger partial charge in [0.1, 0.15) is 5.75 Å². The number of carboxylic acid groups (broad SMARTS) is 1. The van der Waals surface area contributed by atoms with Crippen molar-refractivity contribution in [1.82, 2.24) is 0 Å². The molecule has 0 bridgehead atoms. The molecular weight excluding hydrogens is 192 g/mol. The van der Waals surface area contributed by atoms with Crippen LogP contribution in [0.1, 0.15) is 11.1 Å². The van der Waals surface area contributed by atoms with Crippen LogP contribution in [0.25, 0.3) is 6.08 Å². The van der Waals surface area contributed by atoms with Gasteiger partial charge in [0, 0.05) is 11.1 Å². The minimum absolute atomic E-state index is 0.0230. The van der Waals surface area contributed by atoms with Crippen molar-refractivity contribution < 1.29 is 14.6 Å². The summed E-state index contributed by atoms with van der Waals surface area (Å²) in [6.07, 6.45) is 7.05. The van der Waals surface area contributed by atoms with Gasteiger partial charge < -0.3 is 9.84 Å². The number of aliphatic carboxylic acids is 1. The first-order valence-electron chi connectivity index (χ1n) is 4.61. The van der Waals surface area contributed by atoms with Gasteiger partial charge in [-0.25, -0.2) is 0 Å². The summed E-state index contributed by atoms with van der Waals surface area (Å²) in [6.45, 7) is 0. The summed E-state index contributed by atoms with van der Waals surface area (Å²) in [7, 11) is 0. The lowest BCUT2D eigenvalue weighted by Crippen LogP contribution is -2.02. The highest BCUT2D eigenvalue weighted by molar-refractivity contribution is 5.73. The summed E-state index contributed by atoms with van der Waals surface area (Å²) >= 11 is 0. The lowest BCUT2D eigenvalue weighted by atomic mass is 10.1. The van der Waals surface area contributed by atoms with E-state index in [1.54, 1.807) is 18.4 Å². The van der Waals surface area contributed by atoms with Crippen molar-refractivity contribution in [2.75, 3.05) is 0 Å². The Labute approximate surface area is 87.3 Å². The highest BCUT2D eigenvalue weighted by atomic mass is 16.5. The fraction of sp³-hybridized carbons (Fsp3) is 0.0833. The second-order valence-electron chi connectivity index (χ2n) is 3.21. The zero-order chi connectivity index (χ0) is 10.7. The van der Waals surface area contributed by atoms with Gasteiger partial charge in [0.05, 0.1) is 12.7 Å². The van der Waals surface area contributed by atoms with Crippen LogP contribution in [-0.2, 0) is 11.2 Å². The predicted molar refractivity (Wildman–Crippen MR) is 56.6 cm³/mol. The first kappa shape index (κ1) is 9.52. The van der Waals surface area contributed by atoms with Crippen molar-refractivity contribution in [3.63, 3.8) is 0 Å². The maximum atomic E-state index is 10.6. The molecule has 3 nitrogen and oxygen atoms in total. The van der Waals surface area contributed by atoms with E-state index in [4.69, 9.17) is 9.84 Å². The molecule has 0 fully saturated rings. The first-order valence-corrected chi connectivity index (χ1v) is 4.61. The van der Waals surface area contributed by atoms with Crippen LogP contribution in [0.15, 0.2) is 36.6 Å². The van der Waals surface area contributed by atoms with Gasteiger partial charge in [-0.15, -0.1) is 0 Å². The van der Waals surface area contributed by atoms with Gasteiger partial charge >= 0.3 is 5.97 Å². The molecule has 1 aliphatic rings. The molecule has 1 aromatic carbocycles. The zero-order valence-electron chi connectivity index (χ0n) is 8.01. The quantitative estimate of drug-likeness (QED) is 0.799. The van der Waals surface area contributed by atoms with E-state index in [1.165, 1.54) is 0 Å². The fourth-order valence-corrected chi connectivity index (χ4v) is 1.49. The van der Waals surface area contributed by atoms with Crippen LogP contribution < -0.4 is 4.74 Å². The van der Waals surface area contributed by atoms with Gasteiger partial charge in [0.25, 0.3) is 0 Å². The Morgan fingerprint density at radius 2 is 2.20 bits per heavy atom. The Kier molecular flexibility index (Phi) is 2.54. The smallest absolute Gasteiger partial charge is 0.307 e. The Hall–Kier alpha value is -2.03. The highest BCUT2D eigenvalue weighted by Crippen LogP contribution is 2.27. The molecule has 76 valence electrons. The minimum atomic E-state index is -0.857. The molecule has 0 saturated carbocycles. The topological polar surface area (TPSA) is 46.5 Å². The second-order valence-corrected chi connectivity index (χ2v) is 3.21. The SMILES string of the molecule is O=C(O)Cc1cccc2c1OC=CC=C2. The molecule has 1 heterocycles. The van der Waals surface area contributed by atoms with Crippen LogP contribution in [-0.4, -0.2) is 11.1 Å². The third-order valence-corrected chi connectivity index (χ3v) is 2.12. The summed E-state index contributed by atoms with van der Waals surface area (Å²) in [4.78, 5) is 10.6. The number of allylic oxidation sites excluding steroid dienone is 2. The third kappa shape index (κ3) is 2.07. The molecule has 2 rings (SSSR count). The monoisotopic (exact) mass is 202 g/mol. The number of hydrogen-bond acceptors (Lipinski definition) is 2. The number of carboxylic acids is 1. The Morgan fingerprint density at radius 3 is 3.00 bits per heavy atom. The number of ether oxygens (including phenoxy) is 1. The van der Waals surface area contributed by atoms with E-state index in [1.807, 2.05) is 24.3 Å². The number of para-hydroxylation sites is 1. The molecule has 0 amide bonds. The average Bonchev–Trinajstić information content (AvgIpc) is 2.42. The van der Waals surface area contributed by atoms with Gasteiger partial charge in [-0.2, -0.15) is 0 Å². The molecule has 1 N–H and O–H groups in total. The molecule has 0 aliphatic carbocycles. The molecule has 1 aliphatic heterocycles. The molecule has 0 unspecified atom stereocenters. The van der Waals surface area contributed by atoms with Gasteiger partial charge in [-0.1, -0.05) is 30.4 Å². The number of carbonyl (C=O) groups is 1. The van der Waals surface area contributed by atoms with E-state index in [2.05, 4.69) is 0 Å². The minimum Gasteiger partial charge on any atom is -0.481 e. The molecule has 3 heteroatoms. The van der Waals surface area contributed by atoms with Crippen molar-refractivity contribution in [2.45, 2.75) is 6.42 Å². The van der Waals surface area contributed by atoms with E-state index in [-0.39, 0.29) is 6.42 Å². The predicted octanol–water partition coefficient (Wildman–Crippen LogP) is 2.23. The molecule has 0 aromatic heterocycles. The van der Waals surface area contributed by atoms with Crippen molar-refractivity contribution >= 4 is 12.0 Å². The lowest BCUT2D eigenvalue weighted by Gasteiger charge is -2.08. The first-order chi connectivity index (χ1) is 7.27. The normalized spacial score (nSPS) is 12.8. The standard InChI is InChI=1S/C12H10O3/c13-11(14)8-10-6-3-5-9-4-1-2-7-15-12(9)10/h1-7H,8H2,(H,13,14). The summed E-state index contributed by atoms with van der Waals surface area (Å²) in [5.41, 5.74) is 1.59. The Bertz CT molecular complexity index is 444. The molecule has 0 radical (unpaired) electrons. The molecule has 1 aromatic rings. The van der Waals surface area contributed by atoms with Crippen LogP contribution >= 0.6 is 0 Å². The molecule has 15 heavy (non-hydrogen) atoms. The van der Waals surface area contributed by atoms with Crippen molar-refractivity contribution in [2.24, 2.45) is 0 Å². The molecule has 0 saturated heterocycles. The summed E-state index contributed by atoms with van der Waals surface area (Å²) in [5.74, 6) is -0.228. The largest absolute Gasteiger partial charge is 0.481 e. The van der Waals surface area contributed by atoms with Crippen LogP contribution in [0.5, 0.6) is 5.75 Å². The highest BCUT2D eigenvalue weighted by Gasteiger charge is 2.11. The molecular formula is C12H10O3. The summed E-state index contributed by atoms with van der Waals surface area (Å²) in [5, 5.41) is 8.75. The second kappa shape index (κ2) is 4.00. The van der Waals surface area contributed by atoms with E-state index >= 15 is 0 Å². The number of rotatable bonds is 2. The molecule has 0 spiro atoms. The van der Waals surface area contributed by atoms with Gasteiger partial charge in [0.15, 0.2) is 0 Å². The zero-order valence-corrected chi connectivity index (χ0v) is 8.01.